The molecule has 2 saturated heterocycles. The molecular formula is C18H23N5O. The van der Waals surface area contributed by atoms with Gasteiger partial charge >= 0.3 is 0 Å². The van der Waals surface area contributed by atoms with Crippen LogP contribution in [0, 0.1) is 18.3 Å². The van der Waals surface area contributed by atoms with E-state index in [-0.39, 0.29) is 11.3 Å². The molecule has 6 heteroatoms. The number of para-hydroxylation sites is 1. The number of amides is 1. The Labute approximate surface area is 141 Å². The Morgan fingerprint density at radius 1 is 1.33 bits per heavy atom. The second kappa shape index (κ2) is 6.03. The summed E-state index contributed by atoms with van der Waals surface area (Å²) < 4.78 is 1.87. The van der Waals surface area contributed by atoms with Crippen LogP contribution in [0.1, 0.15) is 11.1 Å². The molecule has 4 rings (SSSR count). The average molecular weight is 325 g/mol. The van der Waals surface area contributed by atoms with E-state index in [0.29, 0.717) is 12.5 Å². The van der Waals surface area contributed by atoms with Gasteiger partial charge in [0.2, 0.25) is 5.91 Å². The van der Waals surface area contributed by atoms with Crippen LogP contribution in [0.2, 0.25) is 0 Å². The van der Waals surface area contributed by atoms with Gasteiger partial charge in [-0.15, -0.1) is 0 Å². The molecule has 0 aliphatic carbocycles. The van der Waals surface area contributed by atoms with Crippen molar-refractivity contribution in [2.75, 3.05) is 26.2 Å². The summed E-state index contributed by atoms with van der Waals surface area (Å²) >= 11 is 0. The van der Waals surface area contributed by atoms with Crippen molar-refractivity contribution in [3.05, 3.63) is 47.8 Å². The topological polar surface area (TPSA) is 71.0 Å². The van der Waals surface area contributed by atoms with Gasteiger partial charge < -0.3 is 16.0 Å². The molecule has 2 fully saturated rings. The lowest BCUT2D eigenvalue weighted by Gasteiger charge is -2.25. The SMILES string of the molecule is Cc1ccccc1-n1cc(CNC(=O)C23CNCC2CNC3)cn1. The summed E-state index contributed by atoms with van der Waals surface area (Å²) in [6.45, 7) is 5.95. The molecule has 1 amide bonds. The molecule has 3 N–H and O–H groups in total. The summed E-state index contributed by atoms with van der Waals surface area (Å²) in [4.78, 5) is 12.7. The summed E-state index contributed by atoms with van der Waals surface area (Å²) in [7, 11) is 0. The molecule has 2 aliphatic rings. The van der Waals surface area contributed by atoms with E-state index < -0.39 is 0 Å². The van der Waals surface area contributed by atoms with E-state index in [1.807, 2.05) is 35.3 Å². The largest absolute Gasteiger partial charge is 0.351 e. The van der Waals surface area contributed by atoms with Gasteiger partial charge in [-0.1, -0.05) is 18.2 Å². The van der Waals surface area contributed by atoms with E-state index in [9.17, 15) is 4.79 Å². The Bertz CT molecular complexity index is 743. The maximum atomic E-state index is 12.7. The van der Waals surface area contributed by atoms with Gasteiger partial charge in [-0.25, -0.2) is 4.68 Å². The molecule has 126 valence electrons. The van der Waals surface area contributed by atoms with E-state index >= 15 is 0 Å². The van der Waals surface area contributed by atoms with Crippen molar-refractivity contribution in [1.82, 2.24) is 25.7 Å². The van der Waals surface area contributed by atoms with E-state index in [1.165, 1.54) is 5.56 Å². The Balaban J connectivity index is 1.44. The fourth-order valence-electron chi connectivity index (χ4n) is 3.86. The maximum absolute atomic E-state index is 12.7. The molecular weight excluding hydrogens is 302 g/mol. The number of benzene rings is 1. The predicted octanol–water partition coefficient (Wildman–Crippen LogP) is 0.606. The van der Waals surface area contributed by atoms with Crippen LogP contribution in [0.25, 0.3) is 5.69 Å². The van der Waals surface area contributed by atoms with E-state index in [4.69, 9.17) is 0 Å². The van der Waals surface area contributed by atoms with Crippen molar-refractivity contribution in [2.45, 2.75) is 13.5 Å². The van der Waals surface area contributed by atoms with Crippen LogP contribution >= 0.6 is 0 Å². The number of hydrogen-bond acceptors (Lipinski definition) is 4. The molecule has 0 bridgehead atoms. The minimum Gasteiger partial charge on any atom is -0.351 e. The van der Waals surface area contributed by atoms with Crippen molar-refractivity contribution >= 4 is 5.91 Å². The first kappa shape index (κ1) is 15.4. The Morgan fingerprint density at radius 2 is 2.08 bits per heavy atom. The van der Waals surface area contributed by atoms with Gasteiger partial charge in [0.1, 0.15) is 0 Å². The lowest BCUT2D eigenvalue weighted by molar-refractivity contribution is -0.130. The number of hydrogen-bond donors (Lipinski definition) is 3. The third-order valence-corrected chi connectivity index (χ3v) is 5.35. The van der Waals surface area contributed by atoms with Crippen molar-refractivity contribution in [2.24, 2.45) is 11.3 Å². The zero-order valence-electron chi connectivity index (χ0n) is 13.9. The van der Waals surface area contributed by atoms with Crippen molar-refractivity contribution < 1.29 is 4.79 Å². The Morgan fingerprint density at radius 3 is 2.83 bits per heavy atom. The number of carbonyl (C=O) groups excluding carboxylic acids is 1. The van der Waals surface area contributed by atoms with Gasteiger partial charge in [0, 0.05) is 50.4 Å². The van der Waals surface area contributed by atoms with E-state index in [0.717, 1.165) is 37.4 Å². The highest BCUT2D eigenvalue weighted by molar-refractivity contribution is 5.84. The fraction of sp³-hybridized carbons (Fsp3) is 0.444. The number of aromatic nitrogens is 2. The number of nitrogens with zero attached hydrogens (tertiary/aromatic N) is 2. The zero-order valence-corrected chi connectivity index (χ0v) is 13.9. The van der Waals surface area contributed by atoms with Crippen LogP contribution in [-0.2, 0) is 11.3 Å². The molecule has 2 aliphatic heterocycles. The van der Waals surface area contributed by atoms with Crippen LogP contribution in [0.4, 0.5) is 0 Å². The minimum absolute atomic E-state index is 0.145. The van der Waals surface area contributed by atoms with Gasteiger partial charge in [-0.05, 0) is 18.6 Å². The first-order valence-corrected chi connectivity index (χ1v) is 8.48. The lowest BCUT2D eigenvalue weighted by Crippen LogP contribution is -2.46. The normalized spacial score (nSPS) is 25.6. The van der Waals surface area contributed by atoms with Gasteiger partial charge in [0.15, 0.2) is 0 Å². The third kappa shape index (κ3) is 2.52. The second-order valence-electron chi connectivity index (χ2n) is 6.88. The summed E-state index contributed by atoms with van der Waals surface area (Å²) in [5.41, 5.74) is 2.96. The molecule has 3 heterocycles. The molecule has 6 nitrogen and oxygen atoms in total. The van der Waals surface area contributed by atoms with Gasteiger partial charge in [-0.2, -0.15) is 5.10 Å². The highest BCUT2D eigenvalue weighted by Crippen LogP contribution is 2.34. The molecule has 24 heavy (non-hydrogen) atoms. The summed E-state index contributed by atoms with van der Waals surface area (Å²) in [5.74, 6) is 0.540. The monoisotopic (exact) mass is 325 g/mol. The smallest absolute Gasteiger partial charge is 0.229 e. The Hall–Kier alpha value is -2.18. The van der Waals surface area contributed by atoms with Gasteiger partial charge in [-0.3, -0.25) is 4.79 Å². The third-order valence-electron chi connectivity index (χ3n) is 5.35. The van der Waals surface area contributed by atoms with Gasteiger partial charge in [0.05, 0.1) is 17.3 Å². The summed E-state index contributed by atoms with van der Waals surface area (Å²) in [6, 6.07) is 8.13. The van der Waals surface area contributed by atoms with Crippen molar-refractivity contribution in [3.8, 4) is 5.69 Å². The van der Waals surface area contributed by atoms with Crippen LogP contribution < -0.4 is 16.0 Å². The summed E-state index contributed by atoms with van der Waals surface area (Å²) in [6.07, 6.45) is 3.80. The van der Waals surface area contributed by atoms with E-state index in [2.05, 4.69) is 34.0 Å². The number of nitrogens with one attached hydrogen (secondary N) is 3. The molecule has 2 aromatic rings. The Kier molecular flexibility index (Phi) is 3.86. The highest BCUT2D eigenvalue weighted by Gasteiger charge is 2.51. The van der Waals surface area contributed by atoms with Crippen molar-refractivity contribution in [1.29, 1.82) is 0 Å². The van der Waals surface area contributed by atoms with Crippen LogP contribution in [-0.4, -0.2) is 41.9 Å². The lowest BCUT2D eigenvalue weighted by atomic mass is 9.80. The van der Waals surface area contributed by atoms with Crippen LogP contribution in [0.3, 0.4) is 0 Å². The van der Waals surface area contributed by atoms with Crippen LogP contribution in [0.5, 0.6) is 0 Å². The molecule has 0 atom stereocenters. The average Bonchev–Trinajstić information content (AvgIpc) is 3.28. The number of rotatable bonds is 4. The number of fused-ring (bicyclic) bond motifs is 1. The molecule has 0 saturated carbocycles. The number of carbonyl (C=O) groups is 1. The highest BCUT2D eigenvalue weighted by atomic mass is 16.2. The standard InChI is InChI=1S/C18H23N5O/c1-13-4-2-3-5-16(13)23-10-14(7-22-23)6-21-17(24)18-11-19-8-15(18)9-20-12-18/h2-5,7,10,15,19-20H,6,8-9,11-12H2,1H3,(H,21,24). The first-order chi connectivity index (χ1) is 11.7. The van der Waals surface area contributed by atoms with Crippen molar-refractivity contribution in [3.63, 3.8) is 0 Å². The molecule has 1 aromatic heterocycles. The predicted molar refractivity (Wildman–Crippen MR) is 91.8 cm³/mol. The quantitative estimate of drug-likeness (QED) is 0.770. The molecule has 0 spiro atoms. The second-order valence-corrected chi connectivity index (χ2v) is 6.88. The first-order valence-electron chi connectivity index (χ1n) is 8.48. The maximum Gasteiger partial charge on any atom is 0.229 e. The fourth-order valence-corrected chi connectivity index (χ4v) is 3.86. The minimum atomic E-state index is -0.286. The van der Waals surface area contributed by atoms with Crippen LogP contribution in [0.15, 0.2) is 36.7 Å². The molecule has 1 aromatic carbocycles. The number of aryl methyl sites for hydroxylation is 1. The molecule has 0 unspecified atom stereocenters. The molecule has 0 radical (unpaired) electrons. The van der Waals surface area contributed by atoms with Gasteiger partial charge in [0.25, 0.3) is 0 Å². The van der Waals surface area contributed by atoms with E-state index in [1.54, 1.807) is 0 Å². The zero-order chi connectivity index (χ0) is 16.6. The summed E-state index contributed by atoms with van der Waals surface area (Å²) in [5, 5.41) is 14.3.